The molecule has 0 saturated carbocycles. The number of hydrogen-bond donors (Lipinski definition) is 2. The van der Waals surface area contributed by atoms with Crippen LogP contribution in [-0.2, 0) is 7.05 Å². The first kappa shape index (κ1) is 15.3. The number of carbonyl (C=O) groups is 1. The van der Waals surface area contributed by atoms with Crippen molar-refractivity contribution in [2.24, 2.45) is 7.05 Å². The zero-order valence-electron chi connectivity index (χ0n) is 13.0. The molecule has 2 aromatic rings. The standard InChI is InChI=1S/C16H20FN5O/c1-21-11-15(9-18-21)22-7-3-6-14(10-22)20-16(23)19-13-5-2-4-12(17)8-13/h2,4-5,8-9,11,14H,3,6-7,10H2,1H3,(H2,19,20,23)/t14-/m1/s1. The molecule has 0 radical (unpaired) electrons. The zero-order valence-corrected chi connectivity index (χ0v) is 13.0. The molecule has 2 amide bonds. The Morgan fingerprint density at radius 2 is 2.30 bits per heavy atom. The van der Waals surface area contributed by atoms with Crippen LogP contribution >= 0.6 is 0 Å². The summed E-state index contributed by atoms with van der Waals surface area (Å²) in [5.74, 6) is -0.372. The topological polar surface area (TPSA) is 62.2 Å². The van der Waals surface area contributed by atoms with E-state index in [2.05, 4.69) is 20.6 Å². The molecule has 1 aliphatic heterocycles. The number of halogens is 1. The van der Waals surface area contributed by atoms with E-state index in [1.807, 2.05) is 19.4 Å². The number of benzene rings is 1. The number of rotatable bonds is 3. The van der Waals surface area contributed by atoms with Gasteiger partial charge >= 0.3 is 6.03 Å². The lowest BCUT2D eigenvalue weighted by atomic mass is 10.1. The maximum absolute atomic E-state index is 13.1. The average Bonchev–Trinajstić information content (AvgIpc) is 2.94. The number of aryl methyl sites for hydroxylation is 1. The van der Waals surface area contributed by atoms with Crippen LogP contribution in [0.3, 0.4) is 0 Å². The van der Waals surface area contributed by atoms with E-state index in [-0.39, 0.29) is 17.9 Å². The van der Waals surface area contributed by atoms with E-state index in [0.717, 1.165) is 31.6 Å². The van der Waals surface area contributed by atoms with Crippen LogP contribution in [0.5, 0.6) is 0 Å². The minimum absolute atomic E-state index is 0.0533. The van der Waals surface area contributed by atoms with E-state index in [0.29, 0.717) is 5.69 Å². The first-order chi connectivity index (χ1) is 11.1. The van der Waals surface area contributed by atoms with E-state index in [1.54, 1.807) is 16.8 Å². The van der Waals surface area contributed by atoms with Gasteiger partial charge in [-0.25, -0.2) is 9.18 Å². The number of aromatic nitrogens is 2. The lowest BCUT2D eigenvalue weighted by Gasteiger charge is -2.33. The Balaban J connectivity index is 1.56. The maximum Gasteiger partial charge on any atom is 0.319 e. The molecule has 0 bridgehead atoms. The molecule has 1 aromatic heterocycles. The second-order valence-electron chi connectivity index (χ2n) is 5.77. The molecule has 23 heavy (non-hydrogen) atoms. The smallest absolute Gasteiger partial charge is 0.319 e. The summed E-state index contributed by atoms with van der Waals surface area (Å²) in [4.78, 5) is 14.3. The Kier molecular flexibility index (Phi) is 4.45. The molecule has 3 rings (SSSR count). The quantitative estimate of drug-likeness (QED) is 0.913. The summed E-state index contributed by atoms with van der Waals surface area (Å²) in [7, 11) is 1.88. The second kappa shape index (κ2) is 6.68. The third-order valence-electron chi connectivity index (χ3n) is 3.90. The largest absolute Gasteiger partial charge is 0.367 e. The summed E-state index contributed by atoms with van der Waals surface area (Å²) in [6.07, 6.45) is 5.72. The second-order valence-corrected chi connectivity index (χ2v) is 5.77. The van der Waals surface area contributed by atoms with Gasteiger partial charge in [0, 0.05) is 38.1 Å². The van der Waals surface area contributed by atoms with Gasteiger partial charge in [-0.1, -0.05) is 6.07 Å². The summed E-state index contributed by atoms with van der Waals surface area (Å²) in [6.45, 7) is 1.69. The van der Waals surface area contributed by atoms with Crippen LogP contribution in [0.15, 0.2) is 36.7 Å². The van der Waals surface area contributed by atoms with Crippen molar-refractivity contribution in [3.63, 3.8) is 0 Å². The number of amides is 2. The van der Waals surface area contributed by atoms with Crippen molar-refractivity contribution in [2.75, 3.05) is 23.3 Å². The number of nitrogens with one attached hydrogen (secondary N) is 2. The van der Waals surface area contributed by atoms with Gasteiger partial charge in [-0.15, -0.1) is 0 Å². The van der Waals surface area contributed by atoms with E-state index >= 15 is 0 Å². The van der Waals surface area contributed by atoms with Gasteiger partial charge in [0.15, 0.2) is 0 Å². The van der Waals surface area contributed by atoms with Crippen LogP contribution in [0.2, 0.25) is 0 Å². The van der Waals surface area contributed by atoms with Crippen LogP contribution in [-0.4, -0.2) is 34.9 Å². The average molecular weight is 317 g/mol. The third-order valence-corrected chi connectivity index (χ3v) is 3.90. The SMILES string of the molecule is Cn1cc(N2CCC[C@@H](NC(=O)Nc3cccc(F)c3)C2)cn1. The van der Waals surface area contributed by atoms with Gasteiger partial charge in [0.25, 0.3) is 0 Å². The Morgan fingerprint density at radius 1 is 1.43 bits per heavy atom. The minimum Gasteiger partial charge on any atom is -0.367 e. The number of anilines is 2. The molecule has 1 aliphatic rings. The molecule has 7 heteroatoms. The Labute approximate surface area is 134 Å². The molecule has 2 N–H and O–H groups in total. The number of urea groups is 1. The van der Waals surface area contributed by atoms with Gasteiger partial charge in [-0.2, -0.15) is 5.10 Å². The van der Waals surface area contributed by atoms with Crippen molar-refractivity contribution in [1.82, 2.24) is 15.1 Å². The Morgan fingerprint density at radius 3 is 3.04 bits per heavy atom. The summed E-state index contributed by atoms with van der Waals surface area (Å²) >= 11 is 0. The molecule has 2 heterocycles. The van der Waals surface area contributed by atoms with Gasteiger partial charge in [0.1, 0.15) is 5.82 Å². The predicted octanol–water partition coefficient (Wildman–Crippen LogP) is 2.35. The van der Waals surface area contributed by atoms with Gasteiger partial charge in [0.05, 0.1) is 11.9 Å². The molecule has 0 unspecified atom stereocenters. The predicted molar refractivity (Wildman–Crippen MR) is 87.0 cm³/mol. The van der Waals surface area contributed by atoms with Crippen LogP contribution < -0.4 is 15.5 Å². The van der Waals surface area contributed by atoms with Crippen LogP contribution in [0.1, 0.15) is 12.8 Å². The van der Waals surface area contributed by atoms with Crippen molar-refractivity contribution < 1.29 is 9.18 Å². The van der Waals surface area contributed by atoms with Gasteiger partial charge in [-0.05, 0) is 31.0 Å². The van der Waals surface area contributed by atoms with Crippen molar-refractivity contribution in [3.05, 3.63) is 42.5 Å². The fraction of sp³-hybridized carbons (Fsp3) is 0.375. The van der Waals surface area contributed by atoms with E-state index in [1.165, 1.54) is 12.1 Å². The first-order valence-corrected chi connectivity index (χ1v) is 7.67. The van der Waals surface area contributed by atoms with Gasteiger partial charge in [0.2, 0.25) is 0 Å². The van der Waals surface area contributed by atoms with E-state index in [9.17, 15) is 9.18 Å². The zero-order chi connectivity index (χ0) is 16.2. The molecule has 1 saturated heterocycles. The van der Waals surface area contributed by atoms with E-state index in [4.69, 9.17) is 0 Å². The Hall–Kier alpha value is -2.57. The molecular weight excluding hydrogens is 297 g/mol. The highest BCUT2D eigenvalue weighted by molar-refractivity contribution is 5.89. The number of nitrogens with zero attached hydrogens (tertiary/aromatic N) is 3. The normalized spacial score (nSPS) is 17.8. The van der Waals surface area contributed by atoms with Crippen LogP contribution in [0.25, 0.3) is 0 Å². The van der Waals surface area contributed by atoms with Gasteiger partial charge < -0.3 is 15.5 Å². The molecule has 6 nitrogen and oxygen atoms in total. The highest BCUT2D eigenvalue weighted by atomic mass is 19.1. The highest BCUT2D eigenvalue weighted by Crippen LogP contribution is 2.19. The lowest BCUT2D eigenvalue weighted by Crippen LogP contribution is -2.49. The van der Waals surface area contributed by atoms with Crippen LogP contribution in [0, 0.1) is 5.82 Å². The van der Waals surface area contributed by atoms with Crippen molar-refractivity contribution in [3.8, 4) is 0 Å². The number of hydrogen-bond acceptors (Lipinski definition) is 3. The summed E-state index contributed by atoms with van der Waals surface area (Å²) < 4.78 is 14.9. The van der Waals surface area contributed by atoms with Crippen molar-refractivity contribution >= 4 is 17.4 Å². The monoisotopic (exact) mass is 317 g/mol. The highest BCUT2D eigenvalue weighted by Gasteiger charge is 2.22. The number of piperidine rings is 1. The van der Waals surface area contributed by atoms with Gasteiger partial charge in [-0.3, -0.25) is 4.68 Å². The molecule has 122 valence electrons. The minimum atomic E-state index is -0.372. The van der Waals surface area contributed by atoms with Crippen LogP contribution in [0.4, 0.5) is 20.6 Å². The van der Waals surface area contributed by atoms with E-state index < -0.39 is 0 Å². The lowest BCUT2D eigenvalue weighted by molar-refractivity contribution is 0.246. The molecule has 1 fully saturated rings. The molecule has 1 atom stereocenters. The Bertz CT molecular complexity index is 687. The summed E-state index contributed by atoms with van der Waals surface area (Å²) in [6, 6.07) is 5.60. The summed E-state index contributed by atoms with van der Waals surface area (Å²) in [5.41, 5.74) is 1.51. The van der Waals surface area contributed by atoms with Crippen molar-refractivity contribution in [2.45, 2.75) is 18.9 Å². The fourth-order valence-electron chi connectivity index (χ4n) is 2.82. The fourth-order valence-corrected chi connectivity index (χ4v) is 2.82. The molecule has 0 aliphatic carbocycles. The first-order valence-electron chi connectivity index (χ1n) is 7.67. The maximum atomic E-state index is 13.1. The summed E-state index contributed by atoms with van der Waals surface area (Å²) in [5, 5.41) is 9.80. The molecular formula is C16H20FN5O. The molecule has 0 spiro atoms. The molecule has 1 aromatic carbocycles. The van der Waals surface area contributed by atoms with Crippen molar-refractivity contribution in [1.29, 1.82) is 0 Å². The third kappa shape index (κ3) is 4.00. The number of carbonyl (C=O) groups excluding carboxylic acids is 1.